The molecule has 0 aromatic heterocycles. The summed E-state index contributed by atoms with van der Waals surface area (Å²) in [5, 5.41) is 4.26. The minimum atomic E-state index is -0.195. The fraction of sp³-hybridized carbons (Fsp3) is 0.467. The van der Waals surface area contributed by atoms with E-state index in [4.69, 9.17) is 4.74 Å². The molecule has 2 saturated carbocycles. The van der Waals surface area contributed by atoms with E-state index in [1.807, 2.05) is 30.3 Å². The van der Waals surface area contributed by atoms with Crippen LogP contribution in [0.15, 0.2) is 35.4 Å². The highest BCUT2D eigenvalue weighted by atomic mass is 16.5. The standard InChI is InChI=1S/C15H18N2O2/c18-15(10-19-13-4-2-1-3-5-13)17-16-14-9-11-6-7-12(14)8-11/h1-5,11-12H,6-10H2,(H,17,18). The maximum Gasteiger partial charge on any atom is 0.277 e. The van der Waals surface area contributed by atoms with Crippen molar-refractivity contribution in [3.05, 3.63) is 30.3 Å². The van der Waals surface area contributed by atoms with E-state index in [1.54, 1.807) is 0 Å². The molecular formula is C15H18N2O2. The minimum Gasteiger partial charge on any atom is -0.484 e. The zero-order valence-electron chi connectivity index (χ0n) is 10.8. The van der Waals surface area contributed by atoms with Crippen LogP contribution < -0.4 is 10.2 Å². The van der Waals surface area contributed by atoms with E-state index in [9.17, 15) is 4.79 Å². The first-order valence-corrected chi connectivity index (χ1v) is 6.84. The Labute approximate surface area is 112 Å². The largest absolute Gasteiger partial charge is 0.484 e. The van der Waals surface area contributed by atoms with Gasteiger partial charge in [0.25, 0.3) is 5.91 Å². The summed E-state index contributed by atoms with van der Waals surface area (Å²) in [6.07, 6.45) is 4.88. The number of hydrazone groups is 1. The predicted molar refractivity (Wildman–Crippen MR) is 73.0 cm³/mol. The smallest absolute Gasteiger partial charge is 0.277 e. The molecule has 0 aliphatic heterocycles. The van der Waals surface area contributed by atoms with E-state index >= 15 is 0 Å². The van der Waals surface area contributed by atoms with Crippen molar-refractivity contribution < 1.29 is 9.53 Å². The second-order valence-corrected chi connectivity index (χ2v) is 5.32. The highest BCUT2D eigenvalue weighted by molar-refractivity contribution is 5.91. The van der Waals surface area contributed by atoms with Crippen molar-refractivity contribution in [1.82, 2.24) is 5.43 Å². The van der Waals surface area contributed by atoms with Gasteiger partial charge in [-0.1, -0.05) is 18.2 Å². The van der Waals surface area contributed by atoms with Gasteiger partial charge in [0.2, 0.25) is 0 Å². The van der Waals surface area contributed by atoms with Crippen LogP contribution in [-0.2, 0) is 4.79 Å². The van der Waals surface area contributed by atoms with Crippen LogP contribution in [0.3, 0.4) is 0 Å². The van der Waals surface area contributed by atoms with Gasteiger partial charge in [-0.3, -0.25) is 4.79 Å². The van der Waals surface area contributed by atoms with Crippen molar-refractivity contribution >= 4 is 11.6 Å². The first-order chi connectivity index (χ1) is 9.31. The molecule has 1 N–H and O–H groups in total. The van der Waals surface area contributed by atoms with Crippen LogP contribution in [0.25, 0.3) is 0 Å². The first-order valence-electron chi connectivity index (χ1n) is 6.84. The van der Waals surface area contributed by atoms with Gasteiger partial charge in [0, 0.05) is 5.71 Å². The maximum absolute atomic E-state index is 11.6. The van der Waals surface area contributed by atoms with Gasteiger partial charge in [0.05, 0.1) is 0 Å². The van der Waals surface area contributed by atoms with Crippen molar-refractivity contribution in [2.75, 3.05) is 6.61 Å². The van der Waals surface area contributed by atoms with E-state index in [0.717, 1.165) is 12.3 Å². The Morgan fingerprint density at radius 2 is 2.16 bits per heavy atom. The van der Waals surface area contributed by atoms with Gasteiger partial charge in [-0.2, -0.15) is 5.10 Å². The number of nitrogens with one attached hydrogen (secondary N) is 1. The summed E-state index contributed by atoms with van der Waals surface area (Å²) in [7, 11) is 0. The second-order valence-electron chi connectivity index (χ2n) is 5.32. The Morgan fingerprint density at radius 3 is 2.84 bits per heavy atom. The van der Waals surface area contributed by atoms with Crippen LogP contribution in [0.4, 0.5) is 0 Å². The van der Waals surface area contributed by atoms with Gasteiger partial charge in [-0.05, 0) is 49.7 Å². The molecule has 1 aromatic rings. The maximum atomic E-state index is 11.6. The Balaban J connectivity index is 1.46. The van der Waals surface area contributed by atoms with Crippen LogP contribution in [0.5, 0.6) is 5.75 Å². The van der Waals surface area contributed by atoms with Gasteiger partial charge in [-0.15, -0.1) is 0 Å². The molecule has 0 radical (unpaired) electrons. The summed E-state index contributed by atoms with van der Waals surface area (Å²) in [5.74, 6) is 1.92. The van der Waals surface area contributed by atoms with Crippen LogP contribution in [0.1, 0.15) is 25.7 Å². The lowest BCUT2D eigenvalue weighted by Gasteiger charge is -2.11. The molecule has 0 saturated heterocycles. The third-order valence-corrected chi connectivity index (χ3v) is 3.95. The molecule has 4 heteroatoms. The fourth-order valence-corrected chi connectivity index (χ4v) is 2.99. The summed E-state index contributed by atoms with van der Waals surface area (Å²) < 4.78 is 5.36. The molecule has 0 spiro atoms. The summed E-state index contributed by atoms with van der Waals surface area (Å²) in [5.41, 5.74) is 3.77. The number of benzene rings is 1. The van der Waals surface area contributed by atoms with Gasteiger partial charge < -0.3 is 4.74 Å². The number of nitrogens with zero attached hydrogens (tertiary/aromatic N) is 1. The monoisotopic (exact) mass is 258 g/mol. The molecule has 1 amide bonds. The third kappa shape index (κ3) is 2.95. The third-order valence-electron chi connectivity index (χ3n) is 3.95. The lowest BCUT2D eigenvalue weighted by Crippen LogP contribution is -2.26. The van der Waals surface area contributed by atoms with Crippen LogP contribution >= 0.6 is 0 Å². The molecular weight excluding hydrogens is 240 g/mol. The quantitative estimate of drug-likeness (QED) is 0.843. The van der Waals surface area contributed by atoms with Crippen molar-refractivity contribution in [1.29, 1.82) is 0 Å². The van der Waals surface area contributed by atoms with Crippen molar-refractivity contribution in [2.24, 2.45) is 16.9 Å². The molecule has 4 nitrogen and oxygen atoms in total. The summed E-state index contributed by atoms with van der Waals surface area (Å²) in [6, 6.07) is 9.32. The SMILES string of the molecule is O=C(COc1ccccc1)NN=C1CC2CCC1C2. The molecule has 2 unspecified atom stereocenters. The number of para-hydroxylation sites is 1. The number of amides is 1. The van der Waals surface area contributed by atoms with Crippen molar-refractivity contribution in [3.63, 3.8) is 0 Å². The molecule has 2 atom stereocenters. The molecule has 1 aromatic carbocycles. The molecule has 2 fully saturated rings. The Hall–Kier alpha value is -1.84. The first kappa shape index (κ1) is 12.2. The highest BCUT2D eigenvalue weighted by Gasteiger charge is 2.36. The van der Waals surface area contributed by atoms with E-state index in [2.05, 4.69) is 10.5 Å². The zero-order chi connectivity index (χ0) is 13.1. The van der Waals surface area contributed by atoms with Gasteiger partial charge in [0.15, 0.2) is 6.61 Å². The summed E-state index contributed by atoms with van der Waals surface area (Å²) >= 11 is 0. The van der Waals surface area contributed by atoms with Gasteiger partial charge in [0.1, 0.15) is 5.75 Å². The molecule has 100 valence electrons. The number of hydrogen-bond acceptors (Lipinski definition) is 3. The summed E-state index contributed by atoms with van der Waals surface area (Å²) in [6.45, 7) is 0.00882. The molecule has 3 rings (SSSR count). The molecule has 0 heterocycles. The predicted octanol–water partition coefficient (Wildman–Crippen LogP) is 2.36. The normalized spacial score (nSPS) is 26.6. The number of hydrogen-bond donors (Lipinski definition) is 1. The number of rotatable bonds is 4. The van der Waals surface area contributed by atoms with Gasteiger partial charge in [-0.25, -0.2) is 5.43 Å². The molecule has 2 bridgehead atoms. The van der Waals surface area contributed by atoms with E-state index < -0.39 is 0 Å². The Bertz CT molecular complexity index is 484. The van der Waals surface area contributed by atoms with E-state index in [-0.39, 0.29) is 12.5 Å². The number of carbonyl (C=O) groups excluding carboxylic acids is 1. The number of carbonyl (C=O) groups is 1. The lowest BCUT2D eigenvalue weighted by molar-refractivity contribution is -0.123. The van der Waals surface area contributed by atoms with Gasteiger partial charge >= 0.3 is 0 Å². The van der Waals surface area contributed by atoms with Crippen molar-refractivity contribution in [2.45, 2.75) is 25.7 Å². The Kier molecular flexibility index (Phi) is 3.49. The van der Waals surface area contributed by atoms with Crippen molar-refractivity contribution in [3.8, 4) is 5.75 Å². The molecule has 2 aliphatic rings. The van der Waals surface area contributed by atoms with Crippen LogP contribution in [-0.4, -0.2) is 18.2 Å². The minimum absolute atomic E-state index is 0.00882. The van der Waals surface area contributed by atoms with E-state index in [1.165, 1.54) is 25.0 Å². The highest BCUT2D eigenvalue weighted by Crippen LogP contribution is 2.42. The molecule has 2 aliphatic carbocycles. The lowest BCUT2D eigenvalue weighted by atomic mass is 9.99. The van der Waals surface area contributed by atoms with Crippen LogP contribution in [0.2, 0.25) is 0 Å². The topological polar surface area (TPSA) is 50.7 Å². The molecule has 19 heavy (non-hydrogen) atoms. The zero-order valence-corrected chi connectivity index (χ0v) is 10.8. The average Bonchev–Trinajstić information content (AvgIpc) is 3.06. The number of fused-ring (bicyclic) bond motifs is 2. The average molecular weight is 258 g/mol. The second kappa shape index (κ2) is 5.43. The summed E-state index contributed by atoms with van der Waals surface area (Å²) in [4.78, 5) is 11.6. The Morgan fingerprint density at radius 1 is 1.32 bits per heavy atom. The fourth-order valence-electron chi connectivity index (χ4n) is 2.99. The number of ether oxygens (including phenoxy) is 1. The van der Waals surface area contributed by atoms with E-state index in [0.29, 0.717) is 11.7 Å². The van der Waals surface area contributed by atoms with Crippen LogP contribution in [0, 0.1) is 11.8 Å².